The van der Waals surface area contributed by atoms with E-state index >= 15 is 0 Å². The average Bonchev–Trinajstić information content (AvgIpc) is 2.74. The average molecular weight is 280 g/mol. The van der Waals surface area contributed by atoms with Crippen LogP contribution in [0.15, 0.2) is 22.7 Å². The smallest absolute Gasteiger partial charge is 0.338 e. The predicted molar refractivity (Wildman–Crippen MR) is 72.8 cm³/mol. The van der Waals surface area contributed by atoms with Crippen LogP contribution >= 0.6 is 11.3 Å². The van der Waals surface area contributed by atoms with Crippen LogP contribution in [0.5, 0.6) is 0 Å². The lowest BCUT2D eigenvalue weighted by Gasteiger charge is -2.27. The van der Waals surface area contributed by atoms with E-state index in [2.05, 4.69) is 10.6 Å². The van der Waals surface area contributed by atoms with Crippen LogP contribution in [-0.4, -0.2) is 18.6 Å². The molecule has 2 rings (SSSR count). The van der Waals surface area contributed by atoms with Crippen molar-refractivity contribution in [1.29, 1.82) is 0 Å². The summed E-state index contributed by atoms with van der Waals surface area (Å²) in [6, 6.07) is 1.22. The molecule has 1 atom stereocenters. The number of urea groups is 1. The highest BCUT2D eigenvalue weighted by molar-refractivity contribution is 7.10. The van der Waals surface area contributed by atoms with Gasteiger partial charge in [0.15, 0.2) is 0 Å². The summed E-state index contributed by atoms with van der Waals surface area (Å²) < 4.78 is 5.07. The number of thiophene rings is 1. The molecule has 1 aromatic heterocycles. The molecule has 102 valence electrons. The van der Waals surface area contributed by atoms with Gasteiger partial charge in [-0.25, -0.2) is 9.59 Å². The van der Waals surface area contributed by atoms with Crippen molar-refractivity contribution in [3.63, 3.8) is 0 Å². The molecule has 0 saturated heterocycles. The number of esters is 1. The number of nitrogens with one attached hydrogen (secondary N) is 2. The van der Waals surface area contributed by atoms with Crippen molar-refractivity contribution >= 4 is 23.3 Å². The second kappa shape index (κ2) is 5.44. The number of carbonyl (C=O) groups is 2. The van der Waals surface area contributed by atoms with Gasteiger partial charge in [0.2, 0.25) is 0 Å². The van der Waals surface area contributed by atoms with Crippen molar-refractivity contribution in [1.82, 2.24) is 10.6 Å². The Morgan fingerprint density at radius 3 is 2.79 bits per heavy atom. The van der Waals surface area contributed by atoms with E-state index in [1.807, 2.05) is 18.4 Å². The van der Waals surface area contributed by atoms with E-state index < -0.39 is 12.0 Å². The molecule has 0 bridgehead atoms. The van der Waals surface area contributed by atoms with Crippen LogP contribution in [0.25, 0.3) is 0 Å². The quantitative estimate of drug-likeness (QED) is 0.834. The molecule has 6 heteroatoms. The Hall–Kier alpha value is -1.82. The first-order valence-corrected chi connectivity index (χ1v) is 6.92. The van der Waals surface area contributed by atoms with Gasteiger partial charge >= 0.3 is 12.0 Å². The zero-order valence-electron chi connectivity index (χ0n) is 11.1. The highest BCUT2D eigenvalue weighted by Gasteiger charge is 2.33. The second-order valence-electron chi connectivity index (χ2n) is 4.26. The topological polar surface area (TPSA) is 67.4 Å². The van der Waals surface area contributed by atoms with Gasteiger partial charge in [-0.2, -0.15) is 0 Å². The highest BCUT2D eigenvalue weighted by Crippen LogP contribution is 2.32. The van der Waals surface area contributed by atoms with E-state index in [1.54, 1.807) is 13.8 Å². The van der Waals surface area contributed by atoms with Crippen molar-refractivity contribution in [3.05, 3.63) is 33.2 Å². The molecule has 0 saturated carbocycles. The van der Waals surface area contributed by atoms with Gasteiger partial charge in [-0.05, 0) is 37.8 Å². The van der Waals surface area contributed by atoms with Crippen LogP contribution in [0.1, 0.15) is 30.3 Å². The minimum absolute atomic E-state index is 0.302. The van der Waals surface area contributed by atoms with Crippen LogP contribution in [0.3, 0.4) is 0 Å². The lowest BCUT2D eigenvalue weighted by Crippen LogP contribution is -2.45. The lowest BCUT2D eigenvalue weighted by atomic mass is 9.99. The fourth-order valence-electron chi connectivity index (χ4n) is 2.05. The molecule has 1 aromatic rings. The SMILES string of the molecule is CCOC(=O)C1=C(C)NC(=O)N[C@H]1c1sccc1C. The van der Waals surface area contributed by atoms with E-state index in [1.165, 1.54) is 11.3 Å². The van der Waals surface area contributed by atoms with Crippen LogP contribution in [0.4, 0.5) is 4.79 Å². The number of hydrogen-bond donors (Lipinski definition) is 2. The minimum atomic E-state index is -0.437. The van der Waals surface area contributed by atoms with Crippen LogP contribution in [0, 0.1) is 6.92 Å². The Morgan fingerprint density at radius 1 is 1.47 bits per heavy atom. The summed E-state index contributed by atoms with van der Waals surface area (Å²) >= 11 is 1.51. The molecule has 5 nitrogen and oxygen atoms in total. The fourth-order valence-corrected chi connectivity index (χ4v) is 3.04. The Morgan fingerprint density at radius 2 is 2.21 bits per heavy atom. The second-order valence-corrected chi connectivity index (χ2v) is 5.21. The molecule has 1 aliphatic rings. The Kier molecular flexibility index (Phi) is 3.90. The molecule has 0 aromatic carbocycles. The number of rotatable bonds is 3. The zero-order valence-corrected chi connectivity index (χ0v) is 11.9. The number of hydrogen-bond acceptors (Lipinski definition) is 4. The summed E-state index contributed by atoms with van der Waals surface area (Å²) in [5.41, 5.74) is 2.05. The number of aryl methyl sites for hydroxylation is 1. The molecule has 2 N–H and O–H groups in total. The summed E-state index contributed by atoms with van der Waals surface area (Å²) in [4.78, 5) is 24.6. The van der Waals surface area contributed by atoms with Gasteiger partial charge in [-0.15, -0.1) is 11.3 Å². The number of amides is 2. The molecule has 2 amide bonds. The Balaban J connectivity index is 2.44. The summed E-state index contributed by atoms with van der Waals surface area (Å²) in [5, 5.41) is 7.34. The monoisotopic (exact) mass is 280 g/mol. The van der Waals surface area contributed by atoms with Crippen molar-refractivity contribution in [3.8, 4) is 0 Å². The Labute approximate surface area is 115 Å². The molecular formula is C13H16N2O3S. The van der Waals surface area contributed by atoms with E-state index in [0.717, 1.165) is 10.4 Å². The van der Waals surface area contributed by atoms with E-state index in [9.17, 15) is 9.59 Å². The lowest BCUT2D eigenvalue weighted by molar-refractivity contribution is -0.139. The van der Waals surface area contributed by atoms with Crippen molar-refractivity contribution in [2.45, 2.75) is 26.8 Å². The van der Waals surface area contributed by atoms with Crippen LogP contribution < -0.4 is 10.6 Å². The highest BCUT2D eigenvalue weighted by atomic mass is 32.1. The third kappa shape index (κ3) is 2.63. The van der Waals surface area contributed by atoms with Crippen LogP contribution in [0.2, 0.25) is 0 Å². The van der Waals surface area contributed by atoms with Gasteiger partial charge in [0.1, 0.15) is 0 Å². The molecule has 2 heterocycles. The van der Waals surface area contributed by atoms with Gasteiger partial charge in [-0.1, -0.05) is 0 Å². The van der Waals surface area contributed by atoms with Gasteiger partial charge in [-0.3, -0.25) is 0 Å². The third-order valence-electron chi connectivity index (χ3n) is 2.93. The van der Waals surface area contributed by atoms with Gasteiger partial charge in [0.05, 0.1) is 18.2 Å². The van der Waals surface area contributed by atoms with Gasteiger partial charge in [0, 0.05) is 10.6 Å². The maximum Gasteiger partial charge on any atom is 0.338 e. The Bertz CT molecular complexity index is 548. The first-order valence-electron chi connectivity index (χ1n) is 6.04. The summed E-state index contributed by atoms with van der Waals surface area (Å²) in [7, 11) is 0. The first-order chi connectivity index (χ1) is 9.04. The number of ether oxygens (including phenoxy) is 1. The zero-order chi connectivity index (χ0) is 14.0. The van der Waals surface area contributed by atoms with Crippen molar-refractivity contribution in [2.24, 2.45) is 0 Å². The van der Waals surface area contributed by atoms with Gasteiger partial charge < -0.3 is 15.4 Å². The molecule has 0 radical (unpaired) electrons. The summed E-state index contributed by atoms with van der Waals surface area (Å²) in [6.45, 7) is 5.73. The van der Waals surface area contributed by atoms with Gasteiger partial charge in [0.25, 0.3) is 0 Å². The molecule has 0 aliphatic carbocycles. The van der Waals surface area contributed by atoms with Crippen molar-refractivity contribution < 1.29 is 14.3 Å². The largest absolute Gasteiger partial charge is 0.463 e. The molecule has 1 aliphatic heterocycles. The molecule has 19 heavy (non-hydrogen) atoms. The van der Waals surface area contributed by atoms with E-state index in [0.29, 0.717) is 17.9 Å². The molecule has 0 fully saturated rings. The molecule has 0 spiro atoms. The molecular weight excluding hydrogens is 264 g/mol. The number of carbonyl (C=O) groups excluding carboxylic acids is 2. The predicted octanol–water partition coefficient (Wildman–Crippen LogP) is 2.25. The first kappa shape index (κ1) is 13.6. The normalized spacial score (nSPS) is 18.9. The summed E-state index contributed by atoms with van der Waals surface area (Å²) in [6.07, 6.45) is 0. The maximum absolute atomic E-state index is 12.1. The molecule has 0 unspecified atom stereocenters. The number of allylic oxidation sites excluding steroid dienone is 1. The van der Waals surface area contributed by atoms with E-state index in [-0.39, 0.29) is 6.03 Å². The minimum Gasteiger partial charge on any atom is -0.463 e. The van der Waals surface area contributed by atoms with E-state index in [4.69, 9.17) is 4.74 Å². The fraction of sp³-hybridized carbons (Fsp3) is 0.385. The maximum atomic E-state index is 12.1. The standard InChI is InChI=1S/C13H16N2O3S/c1-4-18-12(16)9-8(3)14-13(17)15-10(9)11-7(2)5-6-19-11/h5-6,10H,4H2,1-3H3,(H2,14,15,17)/t10-/m1/s1. The summed E-state index contributed by atoms with van der Waals surface area (Å²) in [5.74, 6) is -0.398. The third-order valence-corrected chi connectivity index (χ3v) is 4.01. The van der Waals surface area contributed by atoms with Crippen molar-refractivity contribution in [2.75, 3.05) is 6.61 Å². The van der Waals surface area contributed by atoms with Crippen LogP contribution in [-0.2, 0) is 9.53 Å².